The van der Waals surface area contributed by atoms with Crippen LogP contribution in [0.3, 0.4) is 0 Å². The van der Waals surface area contributed by atoms with Crippen molar-refractivity contribution >= 4 is 38.9 Å². The number of nitrogens with one attached hydrogen (secondary N) is 1. The first-order valence-electron chi connectivity index (χ1n) is 6.45. The molecule has 0 saturated heterocycles. The van der Waals surface area contributed by atoms with Crippen molar-refractivity contribution in [2.75, 3.05) is 7.11 Å². The maximum absolute atomic E-state index is 12.4. The van der Waals surface area contributed by atoms with Crippen molar-refractivity contribution in [1.82, 2.24) is 4.72 Å². The van der Waals surface area contributed by atoms with E-state index in [1.807, 2.05) is 0 Å². The van der Waals surface area contributed by atoms with Crippen LogP contribution in [0, 0.1) is 0 Å². The van der Waals surface area contributed by atoms with Crippen molar-refractivity contribution in [2.24, 2.45) is 0 Å². The standard InChI is InChI=1S/C14H14ClNO5S2/c1-21-10-4-2-9(3-5-10)11(8-13(17)18)16-23(19,20)14-7-6-12(15)22-14/h2-7,11,16H,8H2,1H3,(H,17,18). The number of hydrogen-bond acceptors (Lipinski definition) is 5. The highest BCUT2D eigenvalue weighted by Gasteiger charge is 2.25. The second-order valence-corrected chi connectivity index (χ2v) is 8.26. The van der Waals surface area contributed by atoms with Crippen LogP contribution in [-0.4, -0.2) is 26.6 Å². The second-order valence-electron chi connectivity index (χ2n) is 4.60. The number of halogens is 1. The molecule has 1 aromatic heterocycles. The van der Waals surface area contributed by atoms with Gasteiger partial charge in [-0.25, -0.2) is 13.1 Å². The molecule has 0 bridgehead atoms. The molecule has 23 heavy (non-hydrogen) atoms. The molecule has 0 aliphatic heterocycles. The molecule has 1 unspecified atom stereocenters. The highest BCUT2D eigenvalue weighted by atomic mass is 35.5. The van der Waals surface area contributed by atoms with Gasteiger partial charge >= 0.3 is 5.97 Å². The van der Waals surface area contributed by atoms with E-state index in [4.69, 9.17) is 21.4 Å². The molecule has 0 amide bonds. The number of carboxylic acids is 1. The van der Waals surface area contributed by atoms with Crippen molar-refractivity contribution in [3.05, 3.63) is 46.3 Å². The fourth-order valence-electron chi connectivity index (χ4n) is 1.93. The smallest absolute Gasteiger partial charge is 0.305 e. The Morgan fingerprint density at radius 3 is 2.43 bits per heavy atom. The van der Waals surface area contributed by atoms with Gasteiger partial charge in [0.2, 0.25) is 0 Å². The summed E-state index contributed by atoms with van der Waals surface area (Å²) in [5.74, 6) is -0.520. The molecule has 0 saturated carbocycles. The van der Waals surface area contributed by atoms with E-state index in [0.29, 0.717) is 15.6 Å². The first kappa shape index (κ1) is 17.7. The highest BCUT2D eigenvalue weighted by Crippen LogP contribution is 2.28. The fraction of sp³-hybridized carbons (Fsp3) is 0.214. The Bertz CT molecular complexity index is 786. The monoisotopic (exact) mass is 375 g/mol. The molecule has 6 nitrogen and oxygen atoms in total. The lowest BCUT2D eigenvalue weighted by Gasteiger charge is -2.17. The molecule has 0 aliphatic carbocycles. The summed E-state index contributed by atoms with van der Waals surface area (Å²) in [4.78, 5) is 11.1. The van der Waals surface area contributed by atoms with Crippen LogP contribution < -0.4 is 9.46 Å². The van der Waals surface area contributed by atoms with Crippen molar-refractivity contribution in [2.45, 2.75) is 16.7 Å². The summed E-state index contributed by atoms with van der Waals surface area (Å²) in [7, 11) is -2.35. The topological polar surface area (TPSA) is 92.7 Å². The van der Waals surface area contributed by atoms with Crippen LogP contribution in [0.1, 0.15) is 18.0 Å². The van der Waals surface area contributed by atoms with E-state index >= 15 is 0 Å². The highest BCUT2D eigenvalue weighted by molar-refractivity contribution is 7.91. The molecule has 0 spiro atoms. The molecular weight excluding hydrogens is 362 g/mol. The lowest BCUT2D eigenvalue weighted by atomic mass is 10.0. The third-order valence-electron chi connectivity index (χ3n) is 3.01. The van der Waals surface area contributed by atoms with Crippen molar-refractivity contribution < 1.29 is 23.1 Å². The van der Waals surface area contributed by atoms with Gasteiger partial charge in [-0.1, -0.05) is 23.7 Å². The van der Waals surface area contributed by atoms with Gasteiger partial charge in [-0.05, 0) is 29.8 Å². The number of carboxylic acid groups (broad SMARTS) is 1. The van der Waals surface area contributed by atoms with E-state index in [1.165, 1.54) is 19.2 Å². The number of sulfonamides is 1. The SMILES string of the molecule is COc1ccc(C(CC(=O)O)NS(=O)(=O)c2ccc(Cl)s2)cc1. The Morgan fingerprint density at radius 2 is 1.96 bits per heavy atom. The number of aliphatic carboxylic acids is 1. The number of methoxy groups -OCH3 is 1. The summed E-state index contributed by atoms with van der Waals surface area (Å²) >= 11 is 6.66. The third kappa shape index (κ3) is 4.68. The minimum absolute atomic E-state index is 0.0337. The minimum atomic E-state index is -3.86. The summed E-state index contributed by atoms with van der Waals surface area (Å²) < 4.78 is 32.5. The number of hydrogen-bond donors (Lipinski definition) is 2. The Balaban J connectivity index is 2.29. The Kier molecular flexibility index (Phi) is 5.64. The lowest BCUT2D eigenvalue weighted by molar-refractivity contribution is -0.137. The zero-order valence-electron chi connectivity index (χ0n) is 12.0. The van der Waals surface area contributed by atoms with Gasteiger partial charge in [0, 0.05) is 0 Å². The summed E-state index contributed by atoms with van der Waals surface area (Å²) in [6.07, 6.45) is -0.384. The maximum Gasteiger partial charge on any atom is 0.305 e. The van der Waals surface area contributed by atoms with Gasteiger partial charge in [-0.3, -0.25) is 4.79 Å². The third-order valence-corrected chi connectivity index (χ3v) is 6.20. The average molecular weight is 376 g/mol. The van der Waals surface area contributed by atoms with E-state index in [0.717, 1.165) is 11.3 Å². The van der Waals surface area contributed by atoms with Crippen molar-refractivity contribution in [3.8, 4) is 5.75 Å². The zero-order chi connectivity index (χ0) is 17.0. The predicted octanol–water partition coefficient (Wildman–Crippen LogP) is 2.90. The molecule has 1 aromatic carbocycles. The van der Waals surface area contributed by atoms with Gasteiger partial charge < -0.3 is 9.84 Å². The summed E-state index contributed by atoms with van der Waals surface area (Å²) in [6, 6.07) is 8.47. The van der Waals surface area contributed by atoms with Gasteiger partial charge in [-0.15, -0.1) is 11.3 Å². The number of benzene rings is 1. The minimum Gasteiger partial charge on any atom is -0.497 e. The zero-order valence-corrected chi connectivity index (χ0v) is 14.4. The first-order chi connectivity index (χ1) is 10.8. The second kappa shape index (κ2) is 7.31. The van der Waals surface area contributed by atoms with E-state index in [2.05, 4.69) is 4.72 Å². The van der Waals surface area contributed by atoms with Crippen LogP contribution in [0.5, 0.6) is 5.75 Å². The van der Waals surface area contributed by atoms with Crippen molar-refractivity contribution in [1.29, 1.82) is 0 Å². The van der Waals surface area contributed by atoms with Crippen LogP contribution in [0.4, 0.5) is 0 Å². The largest absolute Gasteiger partial charge is 0.497 e. The summed E-state index contributed by atoms with van der Waals surface area (Å²) in [5.41, 5.74) is 0.527. The van der Waals surface area contributed by atoms with Gasteiger partial charge in [0.05, 0.1) is 23.9 Å². The van der Waals surface area contributed by atoms with Gasteiger partial charge in [-0.2, -0.15) is 0 Å². The fourth-order valence-corrected chi connectivity index (χ4v) is 4.65. The van der Waals surface area contributed by atoms with Gasteiger partial charge in [0.15, 0.2) is 0 Å². The number of carbonyl (C=O) groups is 1. The molecule has 0 radical (unpaired) electrons. The molecule has 2 rings (SSSR count). The Labute approximate surface area is 142 Å². The lowest BCUT2D eigenvalue weighted by Crippen LogP contribution is -2.29. The predicted molar refractivity (Wildman–Crippen MR) is 87.6 cm³/mol. The average Bonchev–Trinajstić information content (AvgIpc) is 2.93. The van der Waals surface area contributed by atoms with E-state index in [-0.39, 0.29) is 10.6 Å². The van der Waals surface area contributed by atoms with Crippen LogP contribution >= 0.6 is 22.9 Å². The number of rotatable bonds is 7. The first-order valence-corrected chi connectivity index (χ1v) is 9.13. The van der Waals surface area contributed by atoms with E-state index < -0.39 is 22.0 Å². The number of ether oxygens (including phenoxy) is 1. The molecule has 1 atom stereocenters. The van der Waals surface area contributed by atoms with Crippen molar-refractivity contribution in [3.63, 3.8) is 0 Å². The molecule has 9 heteroatoms. The molecule has 2 aromatic rings. The summed E-state index contributed by atoms with van der Waals surface area (Å²) in [6.45, 7) is 0. The Hall–Kier alpha value is -1.61. The molecule has 124 valence electrons. The van der Waals surface area contributed by atoms with Crippen LogP contribution in [0.2, 0.25) is 4.34 Å². The Morgan fingerprint density at radius 1 is 1.30 bits per heavy atom. The van der Waals surface area contributed by atoms with E-state index in [9.17, 15) is 13.2 Å². The van der Waals surface area contributed by atoms with E-state index in [1.54, 1.807) is 24.3 Å². The van der Waals surface area contributed by atoms with Crippen LogP contribution in [0.25, 0.3) is 0 Å². The van der Waals surface area contributed by atoms with Crippen LogP contribution in [0.15, 0.2) is 40.6 Å². The quantitative estimate of drug-likeness (QED) is 0.776. The van der Waals surface area contributed by atoms with Gasteiger partial charge in [0.25, 0.3) is 10.0 Å². The molecule has 0 aliphatic rings. The molecular formula is C14H14ClNO5S2. The normalized spacial score (nSPS) is 12.8. The van der Waals surface area contributed by atoms with Crippen LogP contribution in [-0.2, 0) is 14.8 Å². The van der Waals surface area contributed by atoms with Gasteiger partial charge in [0.1, 0.15) is 9.96 Å². The number of thiophene rings is 1. The maximum atomic E-state index is 12.4. The molecule has 2 N–H and O–H groups in total. The summed E-state index contributed by atoms with van der Waals surface area (Å²) in [5, 5.41) is 9.04. The molecule has 1 heterocycles. The molecule has 0 fully saturated rings.